The molecule has 8 heteroatoms. The van der Waals surface area contributed by atoms with Crippen LogP contribution in [0.5, 0.6) is 0 Å². The van der Waals surface area contributed by atoms with Crippen LogP contribution in [0.15, 0.2) is 36.5 Å². The fraction of sp³-hybridized carbons (Fsp3) is 0.758. The Bertz CT molecular complexity index is 808. The van der Waals surface area contributed by atoms with Crippen LogP contribution in [0.25, 0.3) is 0 Å². The van der Waals surface area contributed by atoms with Gasteiger partial charge in [-0.2, -0.15) is 0 Å². The number of amides is 1. The van der Waals surface area contributed by atoms with Gasteiger partial charge in [0.15, 0.2) is 0 Å². The molecule has 8 nitrogen and oxygen atoms in total. The first kappa shape index (κ1) is 36.9. The summed E-state index contributed by atoms with van der Waals surface area (Å²) in [4.78, 5) is 23.0. The molecule has 2 saturated heterocycles. The topological polar surface area (TPSA) is 112 Å². The maximum absolute atomic E-state index is 11.3. The maximum Gasteiger partial charge on any atom is 0.407 e. The minimum atomic E-state index is -0.809. The van der Waals surface area contributed by atoms with E-state index in [9.17, 15) is 14.7 Å². The van der Waals surface area contributed by atoms with Crippen LogP contribution in [0.1, 0.15) is 86.5 Å². The number of nitrogens with one attached hydrogen (secondary N) is 1. The zero-order valence-electron chi connectivity index (χ0n) is 26.5. The molecule has 3 rings (SSSR count). The number of rotatable bonds is 7. The van der Waals surface area contributed by atoms with Gasteiger partial charge in [-0.25, -0.2) is 4.79 Å². The Kier molecular flexibility index (Phi) is 19.4. The number of aliphatic hydroxyl groups excluding tert-OH is 1. The minimum Gasteiger partial charge on any atom is -0.465 e. The van der Waals surface area contributed by atoms with Gasteiger partial charge in [-0.05, 0) is 56.8 Å². The van der Waals surface area contributed by atoms with Gasteiger partial charge in [0.1, 0.15) is 0 Å². The van der Waals surface area contributed by atoms with Crippen molar-refractivity contribution in [3.05, 3.63) is 36.5 Å². The number of cyclic esters (lactones) is 1. The largest absolute Gasteiger partial charge is 0.465 e. The van der Waals surface area contributed by atoms with Gasteiger partial charge in [0, 0.05) is 32.1 Å². The van der Waals surface area contributed by atoms with Crippen LogP contribution in [-0.2, 0) is 14.3 Å². The molecule has 0 aromatic heterocycles. The van der Waals surface area contributed by atoms with E-state index in [1.807, 2.05) is 13.8 Å². The highest BCUT2D eigenvalue weighted by atomic mass is 16.6. The summed E-state index contributed by atoms with van der Waals surface area (Å²) in [7, 11) is 0. The maximum atomic E-state index is 11.3. The molecular formula is C33H58N2O6. The Morgan fingerprint density at radius 3 is 2.51 bits per heavy atom. The van der Waals surface area contributed by atoms with E-state index in [1.54, 1.807) is 0 Å². The Balaban J connectivity index is 0.000000320. The van der Waals surface area contributed by atoms with E-state index in [4.69, 9.17) is 14.6 Å². The molecule has 2 fully saturated rings. The third kappa shape index (κ3) is 18.1. The molecule has 7 unspecified atom stereocenters. The highest BCUT2D eigenvalue weighted by Gasteiger charge is 2.42. The van der Waals surface area contributed by atoms with Crippen molar-refractivity contribution in [1.29, 1.82) is 0 Å². The van der Waals surface area contributed by atoms with E-state index in [-0.39, 0.29) is 18.3 Å². The smallest absolute Gasteiger partial charge is 0.407 e. The summed E-state index contributed by atoms with van der Waals surface area (Å²) in [6, 6.07) is 0. The Hall–Kier alpha value is -2.16. The first-order chi connectivity index (χ1) is 19.6. The number of carbonyl (C=O) groups excluding carboxylic acids is 1. The normalized spacial score (nSPS) is 29.5. The van der Waals surface area contributed by atoms with Gasteiger partial charge in [-0.3, -0.25) is 4.79 Å². The molecule has 236 valence electrons. The molecule has 0 spiro atoms. The van der Waals surface area contributed by atoms with E-state index in [0.29, 0.717) is 50.2 Å². The van der Waals surface area contributed by atoms with Crippen molar-refractivity contribution in [3.63, 3.8) is 0 Å². The van der Waals surface area contributed by atoms with Gasteiger partial charge >= 0.3 is 12.1 Å². The lowest BCUT2D eigenvalue weighted by atomic mass is 9.95. The highest BCUT2D eigenvalue weighted by Crippen LogP contribution is 2.36. The number of nitrogens with zero attached hydrogens (tertiary/aromatic N) is 1. The van der Waals surface area contributed by atoms with Crippen molar-refractivity contribution in [1.82, 2.24) is 10.2 Å². The minimum absolute atomic E-state index is 0.128. The number of carboxylic acid groups (broad SMARTS) is 1. The van der Waals surface area contributed by atoms with Crippen LogP contribution < -0.4 is 5.32 Å². The lowest BCUT2D eigenvalue weighted by molar-refractivity contribution is -0.146. The van der Waals surface area contributed by atoms with Gasteiger partial charge in [0.05, 0.1) is 31.3 Å². The molecule has 0 bridgehead atoms. The number of ether oxygens (including phenoxy) is 2. The van der Waals surface area contributed by atoms with Crippen molar-refractivity contribution in [3.8, 4) is 0 Å². The number of carbonyl (C=O) groups is 2. The van der Waals surface area contributed by atoms with E-state index >= 15 is 0 Å². The van der Waals surface area contributed by atoms with Crippen molar-refractivity contribution in [2.75, 3.05) is 32.8 Å². The summed E-state index contributed by atoms with van der Waals surface area (Å²) in [6.45, 7) is 16.3. The molecule has 3 aliphatic rings. The van der Waals surface area contributed by atoms with Gasteiger partial charge in [0.2, 0.25) is 0 Å². The summed E-state index contributed by atoms with van der Waals surface area (Å²) < 4.78 is 10.8. The summed E-state index contributed by atoms with van der Waals surface area (Å²) in [5.41, 5.74) is 0. The molecule has 0 aromatic carbocycles. The second-order valence-electron chi connectivity index (χ2n) is 11.9. The lowest BCUT2D eigenvalue weighted by Gasteiger charge is -2.23. The van der Waals surface area contributed by atoms with Crippen molar-refractivity contribution < 1.29 is 29.3 Å². The number of hydrogen-bond acceptors (Lipinski definition) is 6. The zero-order valence-corrected chi connectivity index (χ0v) is 26.5. The van der Waals surface area contributed by atoms with Crippen LogP contribution in [-0.4, -0.2) is 78.3 Å². The summed E-state index contributed by atoms with van der Waals surface area (Å²) in [6.07, 6.45) is 19.0. The van der Waals surface area contributed by atoms with Gasteiger partial charge in [0.25, 0.3) is 0 Å². The molecule has 7 atom stereocenters. The second-order valence-corrected chi connectivity index (χ2v) is 11.9. The third-order valence-electron chi connectivity index (χ3n) is 7.57. The third-order valence-corrected chi connectivity index (χ3v) is 7.57. The fourth-order valence-electron chi connectivity index (χ4n) is 4.90. The zero-order chi connectivity index (χ0) is 30.6. The number of allylic oxidation sites excluding steroid dienone is 5. The molecule has 3 heterocycles. The Labute approximate surface area is 249 Å². The van der Waals surface area contributed by atoms with E-state index < -0.39 is 12.2 Å². The average Bonchev–Trinajstić information content (AvgIpc) is 3.71. The predicted molar refractivity (Wildman–Crippen MR) is 166 cm³/mol. The number of aliphatic hydroxyl groups is 1. The van der Waals surface area contributed by atoms with Gasteiger partial charge in [-0.1, -0.05) is 77.5 Å². The Morgan fingerprint density at radius 2 is 1.90 bits per heavy atom. The molecule has 1 amide bonds. The van der Waals surface area contributed by atoms with Crippen LogP contribution >= 0.6 is 0 Å². The van der Waals surface area contributed by atoms with Crippen LogP contribution in [0, 0.1) is 23.7 Å². The quantitative estimate of drug-likeness (QED) is 0.142. The molecular weight excluding hydrogens is 520 g/mol. The molecule has 0 aromatic rings. The first-order valence-electron chi connectivity index (χ1n) is 15.7. The summed E-state index contributed by atoms with van der Waals surface area (Å²) >= 11 is 0. The molecule has 3 aliphatic heterocycles. The lowest BCUT2D eigenvalue weighted by Crippen LogP contribution is -2.45. The number of esters is 1. The van der Waals surface area contributed by atoms with E-state index in [2.05, 4.69) is 69.5 Å². The molecule has 41 heavy (non-hydrogen) atoms. The number of piperazine rings is 1. The fourth-order valence-corrected chi connectivity index (χ4v) is 4.90. The van der Waals surface area contributed by atoms with Crippen LogP contribution in [0.4, 0.5) is 4.79 Å². The average molecular weight is 579 g/mol. The Morgan fingerprint density at radius 1 is 1.20 bits per heavy atom. The van der Waals surface area contributed by atoms with E-state index in [0.717, 1.165) is 31.8 Å². The van der Waals surface area contributed by atoms with E-state index in [1.165, 1.54) is 24.2 Å². The second kappa shape index (κ2) is 21.5. The highest BCUT2D eigenvalue weighted by molar-refractivity contribution is 5.69. The predicted octanol–water partition coefficient (Wildman–Crippen LogP) is 6.21. The summed E-state index contributed by atoms with van der Waals surface area (Å²) in [5, 5.41) is 21.1. The molecule has 0 radical (unpaired) electrons. The van der Waals surface area contributed by atoms with Crippen molar-refractivity contribution in [2.45, 2.75) is 105 Å². The number of hydrogen-bond donors (Lipinski definition) is 3. The van der Waals surface area contributed by atoms with Crippen LogP contribution in [0.2, 0.25) is 0 Å². The standard InChI is InChI=1S/C15H26O.C13H22O3.C5H10N2O2/c1-5-7-8-10-12(3)11-14-15(16-14)13(4)9-6-2;1-10-4-3-5-11(2)9-16-13(15)8-12(14)7-6-10;8-5(9)7-3-1-6-2-4-7/h5,7-8,10,12-15H,6,9,11H2,1-4H3;3,5,10-12,14H,4,6-9H2,1-2H3;6H,1-4H2,(H,8,9)/b7-5-,10-8+;5-3+;. The van der Waals surface area contributed by atoms with Crippen molar-refractivity contribution >= 4 is 12.1 Å². The van der Waals surface area contributed by atoms with Gasteiger partial charge < -0.3 is 29.9 Å². The summed E-state index contributed by atoms with van der Waals surface area (Å²) in [5.74, 6) is 1.89. The molecule has 3 N–H and O–H groups in total. The van der Waals surface area contributed by atoms with Crippen LogP contribution in [0.3, 0.4) is 0 Å². The SMILES string of the molecule is C/C=C\C=C\C(C)CC1OC1C(C)CCC.CC1/C=C/CC(C)CCC(O)CC(=O)OC1.O=C(O)N1CCNCC1. The van der Waals surface area contributed by atoms with Gasteiger partial charge in [-0.15, -0.1) is 0 Å². The molecule has 0 saturated carbocycles. The van der Waals surface area contributed by atoms with Crippen molar-refractivity contribution in [2.24, 2.45) is 23.7 Å². The number of epoxide rings is 1. The first-order valence-corrected chi connectivity index (χ1v) is 15.7. The molecule has 0 aliphatic carbocycles. The monoisotopic (exact) mass is 578 g/mol.